The Morgan fingerprint density at radius 1 is 1.28 bits per heavy atom. The van der Waals surface area contributed by atoms with Crippen LogP contribution in [0.25, 0.3) is 11.5 Å². The van der Waals surface area contributed by atoms with Crippen molar-refractivity contribution in [2.75, 3.05) is 19.7 Å². The molecule has 0 bridgehead atoms. The van der Waals surface area contributed by atoms with Crippen molar-refractivity contribution in [2.45, 2.75) is 58.2 Å². The first-order chi connectivity index (χ1) is 16.7. The first-order valence-corrected chi connectivity index (χ1v) is 11.8. The smallest absolute Gasteiger partial charge is 0.387 e. The number of alkyl halides is 2. The molecule has 2 amide bonds. The Labute approximate surface area is 214 Å². The predicted molar refractivity (Wildman–Crippen MR) is 129 cm³/mol. The standard InChI is InChI=1S/C24H30F2N4O5.ClH/c1-3-19(31)28-16-8-9-30(11-16)23(32)20-21(13(2)27)35-22(29-20)15-6-7-17(34-24(25)26)18(10-15)33-12-14-4-5-14;/h6-7,10,13-14,16,24H,3-5,8-9,11-12,27H2,1-2H3,(H,28,31);1H/t13?,16-;/m1./s1. The number of amides is 2. The number of ether oxygens (including phenoxy) is 2. The fourth-order valence-electron chi connectivity index (χ4n) is 3.90. The lowest BCUT2D eigenvalue weighted by molar-refractivity contribution is -0.121. The van der Waals surface area contributed by atoms with Gasteiger partial charge in [-0.3, -0.25) is 9.59 Å². The highest BCUT2D eigenvalue weighted by Gasteiger charge is 2.33. The van der Waals surface area contributed by atoms with Crippen LogP contribution in [0.2, 0.25) is 0 Å². The number of benzene rings is 1. The zero-order valence-electron chi connectivity index (χ0n) is 20.2. The lowest BCUT2D eigenvalue weighted by Gasteiger charge is -2.16. The number of nitrogens with one attached hydrogen (secondary N) is 1. The zero-order chi connectivity index (χ0) is 25.1. The van der Waals surface area contributed by atoms with Crippen molar-refractivity contribution in [1.82, 2.24) is 15.2 Å². The number of rotatable bonds is 10. The van der Waals surface area contributed by atoms with Gasteiger partial charge in [0, 0.05) is 31.1 Å². The maximum absolute atomic E-state index is 13.3. The monoisotopic (exact) mass is 528 g/mol. The van der Waals surface area contributed by atoms with E-state index < -0.39 is 12.7 Å². The molecule has 3 N–H and O–H groups in total. The predicted octanol–water partition coefficient (Wildman–Crippen LogP) is 3.91. The summed E-state index contributed by atoms with van der Waals surface area (Å²) >= 11 is 0. The third kappa shape index (κ3) is 6.64. The molecule has 1 saturated heterocycles. The summed E-state index contributed by atoms with van der Waals surface area (Å²) in [6, 6.07) is 3.66. The van der Waals surface area contributed by atoms with Crippen LogP contribution in [-0.4, -0.2) is 54.0 Å². The fraction of sp³-hybridized carbons (Fsp3) is 0.542. The van der Waals surface area contributed by atoms with Crippen LogP contribution < -0.4 is 20.5 Å². The molecule has 4 rings (SSSR count). The minimum Gasteiger partial charge on any atom is -0.489 e. The number of likely N-dealkylation sites (tertiary alicyclic amines) is 1. The Balaban J connectivity index is 0.00000361. The summed E-state index contributed by atoms with van der Waals surface area (Å²) < 4.78 is 41.9. The molecule has 12 heteroatoms. The molecule has 1 aliphatic carbocycles. The fourth-order valence-corrected chi connectivity index (χ4v) is 3.90. The van der Waals surface area contributed by atoms with Gasteiger partial charge in [-0.25, -0.2) is 4.98 Å². The summed E-state index contributed by atoms with van der Waals surface area (Å²) in [5, 5.41) is 2.90. The molecule has 2 aliphatic rings. The number of hydrogen-bond donors (Lipinski definition) is 2. The molecule has 2 aromatic rings. The largest absolute Gasteiger partial charge is 0.489 e. The lowest BCUT2D eigenvalue weighted by atomic mass is 10.2. The van der Waals surface area contributed by atoms with Crippen LogP contribution in [0.4, 0.5) is 8.78 Å². The number of hydrogen-bond acceptors (Lipinski definition) is 7. The van der Waals surface area contributed by atoms with Gasteiger partial charge in [-0.15, -0.1) is 12.4 Å². The molecule has 1 aromatic carbocycles. The van der Waals surface area contributed by atoms with Crippen molar-refractivity contribution in [1.29, 1.82) is 0 Å². The van der Waals surface area contributed by atoms with Crippen LogP contribution >= 0.6 is 12.4 Å². The van der Waals surface area contributed by atoms with Gasteiger partial charge in [0.1, 0.15) is 0 Å². The van der Waals surface area contributed by atoms with Crippen molar-refractivity contribution in [3.63, 3.8) is 0 Å². The maximum atomic E-state index is 13.3. The summed E-state index contributed by atoms with van der Waals surface area (Å²) in [5.74, 6) is 0.399. The van der Waals surface area contributed by atoms with Crippen molar-refractivity contribution in [3.05, 3.63) is 29.7 Å². The van der Waals surface area contributed by atoms with E-state index in [0.29, 0.717) is 44.0 Å². The highest BCUT2D eigenvalue weighted by atomic mass is 35.5. The molecule has 0 spiro atoms. The van der Waals surface area contributed by atoms with Crippen LogP contribution in [0.3, 0.4) is 0 Å². The lowest BCUT2D eigenvalue weighted by Crippen LogP contribution is -2.38. The number of carbonyl (C=O) groups is 2. The zero-order valence-corrected chi connectivity index (χ0v) is 21.0. The third-order valence-electron chi connectivity index (χ3n) is 6.01. The Hall–Kier alpha value is -2.92. The van der Waals surface area contributed by atoms with Crippen LogP contribution in [-0.2, 0) is 4.79 Å². The number of halogens is 3. The minimum absolute atomic E-state index is 0. The first-order valence-electron chi connectivity index (χ1n) is 11.8. The summed E-state index contributed by atoms with van der Waals surface area (Å²) in [6.45, 7) is 1.68. The summed E-state index contributed by atoms with van der Waals surface area (Å²) in [4.78, 5) is 31.0. The van der Waals surface area contributed by atoms with E-state index in [9.17, 15) is 18.4 Å². The number of carbonyl (C=O) groups excluding carboxylic acids is 2. The van der Waals surface area contributed by atoms with Gasteiger partial charge < -0.3 is 29.8 Å². The normalized spacial score (nSPS) is 18.1. The highest BCUT2D eigenvalue weighted by Crippen LogP contribution is 2.37. The Morgan fingerprint density at radius 3 is 2.67 bits per heavy atom. The van der Waals surface area contributed by atoms with Crippen LogP contribution in [0.5, 0.6) is 11.5 Å². The van der Waals surface area contributed by atoms with Gasteiger partial charge in [0.25, 0.3) is 5.91 Å². The minimum atomic E-state index is -2.99. The van der Waals surface area contributed by atoms with Crippen molar-refractivity contribution >= 4 is 24.2 Å². The van der Waals surface area contributed by atoms with E-state index in [4.69, 9.17) is 14.9 Å². The average Bonchev–Trinajstić information content (AvgIpc) is 3.35. The SMILES string of the molecule is CCC(=O)N[C@@H]1CCN(C(=O)c2nc(-c3ccc(OC(F)F)c(OCC4CC4)c3)oc2C(C)N)C1.Cl. The number of nitrogens with two attached hydrogens (primary N) is 1. The molecule has 198 valence electrons. The summed E-state index contributed by atoms with van der Waals surface area (Å²) in [6.07, 6.45) is 3.09. The second kappa shape index (κ2) is 11.9. The molecule has 9 nitrogen and oxygen atoms in total. The molecular formula is C24H31ClF2N4O5. The van der Waals surface area contributed by atoms with Gasteiger partial charge in [0.2, 0.25) is 11.8 Å². The van der Waals surface area contributed by atoms with E-state index >= 15 is 0 Å². The number of aromatic nitrogens is 1. The van der Waals surface area contributed by atoms with E-state index in [-0.39, 0.29) is 59.1 Å². The maximum Gasteiger partial charge on any atom is 0.387 e. The van der Waals surface area contributed by atoms with Crippen LogP contribution in [0.15, 0.2) is 22.6 Å². The molecule has 1 saturated carbocycles. The van der Waals surface area contributed by atoms with Gasteiger partial charge >= 0.3 is 6.61 Å². The van der Waals surface area contributed by atoms with Gasteiger partial charge in [-0.2, -0.15) is 8.78 Å². The van der Waals surface area contributed by atoms with E-state index in [0.717, 1.165) is 12.8 Å². The molecule has 2 fully saturated rings. The molecule has 1 unspecified atom stereocenters. The molecule has 2 atom stereocenters. The van der Waals surface area contributed by atoms with E-state index in [1.165, 1.54) is 18.2 Å². The Kier molecular flexibility index (Phi) is 9.13. The Bertz CT molecular complexity index is 1080. The van der Waals surface area contributed by atoms with Gasteiger partial charge in [-0.1, -0.05) is 6.92 Å². The van der Waals surface area contributed by atoms with Crippen molar-refractivity contribution in [2.24, 2.45) is 11.7 Å². The van der Waals surface area contributed by atoms with E-state index in [1.807, 2.05) is 0 Å². The second-order valence-electron chi connectivity index (χ2n) is 8.97. The molecule has 1 aromatic heterocycles. The average molecular weight is 529 g/mol. The quantitative estimate of drug-likeness (QED) is 0.479. The van der Waals surface area contributed by atoms with Crippen molar-refractivity contribution < 1.29 is 32.3 Å². The molecule has 1 aliphatic heterocycles. The summed E-state index contributed by atoms with van der Waals surface area (Å²) in [5.41, 5.74) is 6.59. The second-order valence-corrected chi connectivity index (χ2v) is 8.97. The molecule has 0 radical (unpaired) electrons. The summed E-state index contributed by atoms with van der Waals surface area (Å²) in [7, 11) is 0. The van der Waals surface area contributed by atoms with Crippen molar-refractivity contribution in [3.8, 4) is 23.0 Å². The molecule has 36 heavy (non-hydrogen) atoms. The first kappa shape index (κ1) is 27.7. The molecular weight excluding hydrogens is 498 g/mol. The topological polar surface area (TPSA) is 120 Å². The van der Waals surface area contributed by atoms with E-state index in [2.05, 4.69) is 15.0 Å². The van der Waals surface area contributed by atoms with Crippen LogP contribution in [0, 0.1) is 5.92 Å². The van der Waals surface area contributed by atoms with Gasteiger partial charge in [-0.05, 0) is 50.3 Å². The molecule has 2 heterocycles. The number of oxazole rings is 1. The number of nitrogens with zero attached hydrogens (tertiary/aromatic N) is 2. The van der Waals surface area contributed by atoms with Crippen LogP contribution in [0.1, 0.15) is 61.8 Å². The van der Waals surface area contributed by atoms with Gasteiger partial charge in [0.05, 0.1) is 12.6 Å². The third-order valence-corrected chi connectivity index (χ3v) is 6.01. The van der Waals surface area contributed by atoms with Gasteiger partial charge in [0.15, 0.2) is 23.0 Å². The Morgan fingerprint density at radius 2 is 2.03 bits per heavy atom. The van der Waals surface area contributed by atoms with E-state index in [1.54, 1.807) is 18.7 Å². The highest BCUT2D eigenvalue weighted by molar-refractivity contribution is 5.94.